The molecule has 2 aromatic rings. The molecule has 2 saturated heterocycles. The Balaban J connectivity index is 1.42. The second-order valence-electron chi connectivity index (χ2n) is 6.33. The molecule has 134 valence electrons. The minimum atomic E-state index is 0.0344. The number of likely N-dealkylation sites (N-methyl/N-ethyl adjacent to an activating group) is 1. The maximum atomic E-state index is 12.1. The molecule has 2 fully saturated rings. The number of nitrogens with zero attached hydrogens (tertiary/aromatic N) is 7. The van der Waals surface area contributed by atoms with Crippen molar-refractivity contribution in [3.63, 3.8) is 0 Å². The predicted octanol–water partition coefficient (Wildman–Crippen LogP) is 1.20. The molecular weight excluding hydrogens is 342 g/mol. The van der Waals surface area contributed by atoms with E-state index in [2.05, 4.69) is 20.2 Å². The number of carbonyl (C=O) groups is 1. The van der Waals surface area contributed by atoms with E-state index in [4.69, 9.17) is 4.74 Å². The van der Waals surface area contributed by atoms with Gasteiger partial charge in [0.2, 0.25) is 5.13 Å². The van der Waals surface area contributed by atoms with Gasteiger partial charge in [-0.25, -0.2) is 4.79 Å². The molecule has 10 heteroatoms. The first-order valence-corrected chi connectivity index (χ1v) is 9.10. The van der Waals surface area contributed by atoms with E-state index < -0.39 is 0 Å². The Morgan fingerprint density at radius 2 is 2.20 bits per heavy atom. The molecule has 0 N–H and O–H groups in total. The number of amides is 2. The summed E-state index contributed by atoms with van der Waals surface area (Å²) in [5.74, 6) is 0. The fourth-order valence-corrected chi connectivity index (χ4v) is 4.09. The summed E-state index contributed by atoms with van der Waals surface area (Å²) in [5, 5.41) is 14.7. The number of anilines is 2. The standard InChI is InChI=1S/C15H21N7O2S/c1-19-5-6-21(15(19)23)12-7-16-22(9-12)11-3-4-20(8-11)14-18-17-13(25-14)10-24-2/h7,9,11H,3-6,8,10H2,1-2H3. The van der Waals surface area contributed by atoms with E-state index in [-0.39, 0.29) is 12.1 Å². The lowest BCUT2D eigenvalue weighted by Gasteiger charge is -2.15. The van der Waals surface area contributed by atoms with Crippen LogP contribution in [0.25, 0.3) is 0 Å². The first kappa shape index (κ1) is 16.3. The van der Waals surface area contributed by atoms with Crippen molar-refractivity contribution < 1.29 is 9.53 Å². The summed E-state index contributed by atoms with van der Waals surface area (Å²) in [6.45, 7) is 3.73. The third kappa shape index (κ3) is 3.07. The zero-order chi connectivity index (χ0) is 17.4. The average Bonchev–Trinajstić information content (AvgIpc) is 3.36. The van der Waals surface area contributed by atoms with Gasteiger partial charge in [0, 0.05) is 46.5 Å². The quantitative estimate of drug-likeness (QED) is 0.794. The van der Waals surface area contributed by atoms with Gasteiger partial charge in [0.15, 0.2) is 0 Å². The third-order valence-corrected chi connectivity index (χ3v) is 5.61. The number of rotatable bonds is 5. The zero-order valence-corrected chi connectivity index (χ0v) is 15.1. The second-order valence-corrected chi connectivity index (χ2v) is 7.37. The summed E-state index contributed by atoms with van der Waals surface area (Å²) < 4.78 is 7.07. The molecule has 25 heavy (non-hydrogen) atoms. The molecule has 1 atom stereocenters. The van der Waals surface area contributed by atoms with Gasteiger partial charge in [0.25, 0.3) is 0 Å². The molecule has 2 aromatic heterocycles. The number of urea groups is 1. The number of ether oxygens (including phenoxy) is 1. The lowest BCUT2D eigenvalue weighted by molar-refractivity contribution is 0.184. The molecule has 9 nitrogen and oxygen atoms in total. The molecule has 2 amide bonds. The van der Waals surface area contributed by atoms with Crippen LogP contribution in [0.4, 0.5) is 15.6 Å². The molecule has 2 aliphatic rings. The van der Waals surface area contributed by atoms with Crippen LogP contribution in [-0.2, 0) is 11.3 Å². The number of methoxy groups -OCH3 is 1. The summed E-state index contributed by atoms with van der Waals surface area (Å²) >= 11 is 1.57. The Morgan fingerprint density at radius 1 is 1.32 bits per heavy atom. The first-order chi connectivity index (χ1) is 12.2. The van der Waals surface area contributed by atoms with Crippen molar-refractivity contribution in [3.05, 3.63) is 17.4 Å². The highest BCUT2D eigenvalue weighted by molar-refractivity contribution is 7.15. The molecular formula is C15H21N7O2S. The van der Waals surface area contributed by atoms with Crippen LogP contribution in [0.2, 0.25) is 0 Å². The van der Waals surface area contributed by atoms with Gasteiger partial charge in [-0.15, -0.1) is 10.2 Å². The number of carbonyl (C=O) groups excluding carboxylic acids is 1. The van der Waals surface area contributed by atoms with E-state index in [0.717, 1.165) is 41.9 Å². The van der Waals surface area contributed by atoms with E-state index in [1.165, 1.54) is 0 Å². The van der Waals surface area contributed by atoms with Crippen molar-refractivity contribution in [1.82, 2.24) is 24.9 Å². The van der Waals surface area contributed by atoms with Gasteiger partial charge < -0.3 is 14.5 Å². The molecule has 4 heterocycles. The fraction of sp³-hybridized carbons (Fsp3) is 0.600. The van der Waals surface area contributed by atoms with Crippen molar-refractivity contribution in [2.45, 2.75) is 19.1 Å². The highest BCUT2D eigenvalue weighted by Gasteiger charge is 2.30. The Morgan fingerprint density at radius 3 is 2.96 bits per heavy atom. The monoisotopic (exact) mass is 363 g/mol. The number of hydrogen-bond donors (Lipinski definition) is 0. The van der Waals surface area contributed by atoms with E-state index >= 15 is 0 Å². The van der Waals surface area contributed by atoms with Gasteiger partial charge in [0.05, 0.1) is 17.9 Å². The highest BCUT2D eigenvalue weighted by atomic mass is 32.1. The maximum Gasteiger partial charge on any atom is 0.324 e. The fourth-order valence-electron chi connectivity index (χ4n) is 3.24. The lowest BCUT2D eigenvalue weighted by Crippen LogP contribution is -2.28. The van der Waals surface area contributed by atoms with Crippen LogP contribution in [0.5, 0.6) is 0 Å². The van der Waals surface area contributed by atoms with Gasteiger partial charge in [-0.3, -0.25) is 9.58 Å². The Hall–Kier alpha value is -2.20. The van der Waals surface area contributed by atoms with E-state index in [0.29, 0.717) is 13.2 Å². The summed E-state index contributed by atoms with van der Waals surface area (Å²) in [5.41, 5.74) is 0.867. The van der Waals surface area contributed by atoms with Crippen molar-refractivity contribution in [1.29, 1.82) is 0 Å². The molecule has 0 aliphatic carbocycles. The highest BCUT2D eigenvalue weighted by Crippen LogP contribution is 2.30. The Kier molecular flexibility index (Phi) is 4.30. The predicted molar refractivity (Wildman–Crippen MR) is 94.1 cm³/mol. The second kappa shape index (κ2) is 6.60. The third-order valence-electron chi connectivity index (χ3n) is 4.65. The molecule has 0 aromatic carbocycles. The van der Waals surface area contributed by atoms with Gasteiger partial charge in [-0.2, -0.15) is 5.10 Å². The van der Waals surface area contributed by atoms with Gasteiger partial charge in [-0.05, 0) is 6.42 Å². The Labute approximate surface area is 149 Å². The van der Waals surface area contributed by atoms with Crippen LogP contribution in [0.15, 0.2) is 12.4 Å². The largest absolute Gasteiger partial charge is 0.377 e. The Bertz CT molecular complexity index is 761. The average molecular weight is 363 g/mol. The molecule has 0 bridgehead atoms. The normalized spacial score (nSPS) is 21.0. The van der Waals surface area contributed by atoms with Crippen LogP contribution in [0, 0.1) is 0 Å². The van der Waals surface area contributed by atoms with Crippen molar-refractivity contribution in [3.8, 4) is 0 Å². The van der Waals surface area contributed by atoms with Crippen molar-refractivity contribution in [2.75, 3.05) is 50.1 Å². The van der Waals surface area contributed by atoms with Gasteiger partial charge >= 0.3 is 6.03 Å². The number of hydrogen-bond acceptors (Lipinski definition) is 7. The van der Waals surface area contributed by atoms with Crippen molar-refractivity contribution in [2.24, 2.45) is 0 Å². The molecule has 0 saturated carbocycles. The van der Waals surface area contributed by atoms with Crippen LogP contribution < -0.4 is 9.80 Å². The van der Waals surface area contributed by atoms with Crippen LogP contribution in [0.1, 0.15) is 17.5 Å². The molecule has 0 spiro atoms. The van der Waals surface area contributed by atoms with Gasteiger partial charge in [0.1, 0.15) is 11.6 Å². The maximum absolute atomic E-state index is 12.1. The van der Waals surface area contributed by atoms with Crippen LogP contribution in [-0.4, -0.2) is 71.2 Å². The first-order valence-electron chi connectivity index (χ1n) is 8.29. The molecule has 1 unspecified atom stereocenters. The smallest absolute Gasteiger partial charge is 0.324 e. The minimum absolute atomic E-state index is 0.0344. The number of aromatic nitrogens is 4. The minimum Gasteiger partial charge on any atom is -0.377 e. The molecule has 0 radical (unpaired) electrons. The SMILES string of the molecule is COCc1nnc(N2CCC(n3cc(N4CCN(C)C4=O)cn3)C2)s1. The van der Waals surface area contributed by atoms with Crippen molar-refractivity contribution >= 4 is 28.2 Å². The van der Waals surface area contributed by atoms with E-state index in [1.54, 1.807) is 34.4 Å². The zero-order valence-electron chi connectivity index (χ0n) is 14.3. The van der Waals surface area contributed by atoms with Gasteiger partial charge in [-0.1, -0.05) is 11.3 Å². The molecule has 2 aliphatic heterocycles. The lowest BCUT2D eigenvalue weighted by atomic mass is 10.3. The molecule has 4 rings (SSSR count). The summed E-state index contributed by atoms with van der Waals surface area (Å²) in [4.78, 5) is 17.8. The van der Waals surface area contributed by atoms with Crippen LogP contribution >= 0.6 is 11.3 Å². The van der Waals surface area contributed by atoms with Crippen LogP contribution in [0.3, 0.4) is 0 Å². The summed E-state index contributed by atoms with van der Waals surface area (Å²) in [7, 11) is 3.48. The van der Waals surface area contributed by atoms with E-state index in [1.807, 2.05) is 17.9 Å². The van der Waals surface area contributed by atoms with E-state index in [9.17, 15) is 4.79 Å². The summed E-state index contributed by atoms with van der Waals surface area (Å²) in [6, 6.07) is 0.311. The summed E-state index contributed by atoms with van der Waals surface area (Å²) in [6.07, 6.45) is 4.75. The topological polar surface area (TPSA) is 79.6 Å².